The predicted octanol–water partition coefficient (Wildman–Crippen LogP) is 2.52. The summed E-state index contributed by atoms with van der Waals surface area (Å²) in [5, 5.41) is 0.271. The van der Waals surface area contributed by atoms with E-state index < -0.39 is 15.8 Å². The summed E-state index contributed by atoms with van der Waals surface area (Å²) >= 11 is 12.0. The second-order valence-electron chi connectivity index (χ2n) is 5.06. The minimum absolute atomic E-state index is 0.0301. The third-order valence-electron chi connectivity index (χ3n) is 3.81. The van der Waals surface area contributed by atoms with Crippen LogP contribution in [0.3, 0.4) is 0 Å². The van der Waals surface area contributed by atoms with Crippen molar-refractivity contribution >= 4 is 33.2 Å². The fourth-order valence-corrected chi connectivity index (χ4v) is 5.24. The Morgan fingerprint density at radius 2 is 1.57 bits per heavy atom. The Kier molecular flexibility index (Phi) is 4.20. The molecule has 1 aromatic carbocycles. The molecule has 0 atom stereocenters. The number of hydrogen-bond donors (Lipinski definition) is 0. The first-order valence-corrected chi connectivity index (χ1v) is 8.86. The maximum Gasteiger partial charge on any atom is 0.246 e. The van der Waals surface area contributed by atoms with Crippen molar-refractivity contribution in [3.05, 3.63) is 28.2 Å². The van der Waals surface area contributed by atoms with Crippen molar-refractivity contribution < 1.29 is 17.9 Å². The average molecular weight is 352 g/mol. The Morgan fingerprint density at radius 3 is 2.10 bits per heavy atom. The zero-order valence-electron chi connectivity index (χ0n) is 11.2. The van der Waals surface area contributed by atoms with E-state index in [0.717, 1.165) is 0 Å². The number of rotatable bonds is 2. The highest BCUT2D eigenvalue weighted by Crippen LogP contribution is 2.36. The van der Waals surface area contributed by atoms with Crippen molar-refractivity contribution in [3.8, 4) is 0 Å². The number of hydrogen-bond acceptors (Lipinski definition) is 4. The Labute approximate surface area is 133 Å². The molecular formula is C13H15Cl2NO4S. The summed E-state index contributed by atoms with van der Waals surface area (Å²) < 4.78 is 38.0. The lowest BCUT2D eigenvalue weighted by Crippen LogP contribution is -2.47. The van der Waals surface area contributed by atoms with Crippen molar-refractivity contribution in [2.45, 2.75) is 23.5 Å². The first kappa shape index (κ1) is 15.5. The zero-order chi connectivity index (χ0) is 15.1. The maximum atomic E-state index is 12.7. The number of ether oxygens (including phenoxy) is 2. The van der Waals surface area contributed by atoms with Gasteiger partial charge in [-0.25, -0.2) is 8.42 Å². The lowest BCUT2D eigenvalue weighted by molar-refractivity contribution is -0.179. The molecule has 2 saturated heterocycles. The van der Waals surface area contributed by atoms with Gasteiger partial charge in [0.15, 0.2) is 5.79 Å². The molecule has 0 aliphatic carbocycles. The Morgan fingerprint density at radius 1 is 1.05 bits per heavy atom. The van der Waals surface area contributed by atoms with Crippen LogP contribution < -0.4 is 0 Å². The molecule has 0 radical (unpaired) electrons. The Bertz CT molecular complexity index is 613. The van der Waals surface area contributed by atoms with Crippen molar-refractivity contribution in [3.63, 3.8) is 0 Å². The van der Waals surface area contributed by atoms with Gasteiger partial charge in [0.05, 0.1) is 23.3 Å². The van der Waals surface area contributed by atoms with E-state index in [2.05, 4.69) is 0 Å². The van der Waals surface area contributed by atoms with Gasteiger partial charge in [0, 0.05) is 25.9 Å². The average Bonchev–Trinajstić information content (AvgIpc) is 2.87. The fraction of sp³-hybridized carbons (Fsp3) is 0.538. The molecule has 0 saturated carbocycles. The summed E-state index contributed by atoms with van der Waals surface area (Å²) in [6.45, 7) is 1.76. The molecule has 0 bridgehead atoms. The van der Waals surface area contributed by atoms with E-state index in [0.29, 0.717) is 39.1 Å². The van der Waals surface area contributed by atoms with Crippen LogP contribution in [-0.2, 0) is 19.5 Å². The Hall–Kier alpha value is -0.370. The van der Waals surface area contributed by atoms with Gasteiger partial charge in [-0.2, -0.15) is 4.31 Å². The van der Waals surface area contributed by atoms with Crippen LogP contribution in [0.15, 0.2) is 23.1 Å². The van der Waals surface area contributed by atoms with Crippen LogP contribution in [0.2, 0.25) is 10.0 Å². The highest BCUT2D eigenvalue weighted by atomic mass is 35.5. The summed E-state index contributed by atoms with van der Waals surface area (Å²) in [5.41, 5.74) is 0. The number of nitrogens with zero attached hydrogens (tertiary/aromatic N) is 1. The summed E-state index contributed by atoms with van der Waals surface area (Å²) in [4.78, 5) is -0.0301. The second-order valence-corrected chi connectivity index (χ2v) is 7.75. The minimum Gasteiger partial charge on any atom is -0.347 e. The van der Waals surface area contributed by atoms with Crippen LogP contribution in [-0.4, -0.2) is 44.8 Å². The summed E-state index contributed by atoms with van der Waals surface area (Å²) in [6.07, 6.45) is 1.02. The molecule has 116 valence electrons. The van der Waals surface area contributed by atoms with E-state index in [4.69, 9.17) is 32.7 Å². The van der Waals surface area contributed by atoms with Crippen LogP contribution in [0.5, 0.6) is 0 Å². The lowest BCUT2D eigenvalue weighted by atomic mass is 10.1. The largest absolute Gasteiger partial charge is 0.347 e. The van der Waals surface area contributed by atoms with Crippen LogP contribution in [0.25, 0.3) is 0 Å². The van der Waals surface area contributed by atoms with Crippen LogP contribution in [0.1, 0.15) is 12.8 Å². The van der Waals surface area contributed by atoms with Gasteiger partial charge in [0.2, 0.25) is 10.0 Å². The minimum atomic E-state index is -3.71. The van der Waals surface area contributed by atoms with E-state index in [1.54, 1.807) is 6.07 Å². The molecule has 0 amide bonds. The molecule has 2 aliphatic heterocycles. The van der Waals surface area contributed by atoms with Crippen molar-refractivity contribution in [2.75, 3.05) is 26.3 Å². The molecule has 1 spiro atoms. The third-order valence-corrected chi connectivity index (χ3v) is 6.67. The van der Waals surface area contributed by atoms with Gasteiger partial charge in [-0.15, -0.1) is 0 Å². The molecule has 5 nitrogen and oxygen atoms in total. The molecule has 21 heavy (non-hydrogen) atoms. The van der Waals surface area contributed by atoms with Gasteiger partial charge >= 0.3 is 0 Å². The molecule has 0 N–H and O–H groups in total. The highest BCUT2D eigenvalue weighted by Gasteiger charge is 2.43. The zero-order valence-corrected chi connectivity index (χ0v) is 13.5. The van der Waals surface area contributed by atoms with E-state index in [1.807, 2.05) is 0 Å². The molecule has 0 unspecified atom stereocenters. The van der Waals surface area contributed by atoms with E-state index in [-0.39, 0.29) is 14.9 Å². The van der Waals surface area contributed by atoms with Crippen molar-refractivity contribution in [1.82, 2.24) is 4.31 Å². The van der Waals surface area contributed by atoms with Crippen molar-refractivity contribution in [1.29, 1.82) is 0 Å². The molecule has 3 rings (SSSR count). The topological polar surface area (TPSA) is 55.8 Å². The second kappa shape index (κ2) is 5.68. The first-order valence-electron chi connectivity index (χ1n) is 6.67. The highest BCUT2D eigenvalue weighted by molar-refractivity contribution is 7.89. The molecular weight excluding hydrogens is 337 g/mol. The molecule has 0 aromatic heterocycles. The summed E-state index contributed by atoms with van der Waals surface area (Å²) in [5.74, 6) is -0.615. The molecule has 8 heteroatoms. The van der Waals surface area contributed by atoms with Gasteiger partial charge in [-0.05, 0) is 12.1 Å². The van der Waals surface area contributed by atoms with E-state index >= 15 is 0 Å². The van der Waals surface area contributed by atoms with Crippen LogP contribution in [0.4, 0.5) is 0 Å². The molecule has 1 aromatic rings. The Balaban J connectivity index is 1.84. The lowest BCUT2D eigenvalue weighted by Gasteiger charge is -2.37. The molecule has 2 aliphatic rings. The summed E-state index contributed by atoms with van der Waals surface area (Å²) in [7, 11) is -3.71. The van der Waals surface area contributed by atoms with Crippen LogP contribution >= 0.6 is 23.2 Å². The smallest absolute Gasteiger partial charge is 0.246 e. The summed E-state index contributed by atoms with van der Waals surface area (Å²) in [6, 6.07) is 4.67. The maximum absolute atomic E-state index is 12.7. The van der Waals surface area contributed by atoms with E-state index in [1.165, 1.54) is 16.4 Å². The normalized spacial score (nSPS) is 22.8. The van der Waals surface area contributed by atoms with Gasteiger partial charge in [0.25, 0.3) is 0 Å². The SMILES string of the molecule is O=S(=O)(c1c(Cl)cccc1Cl)N1CCC2(CC1)OCCO2. The molecule has 2 fully saturated rings. The van der Waals surface area contributed by atoms with Crippen molar-refractivity contribution in [2.24, 2.45) is 0 Å². The quantitative estimate of drug-likeness (QED) is 0.821. The van der Waals surface area contributed by atoms with E-state index in [9.17, 15) is 8.42 Å². The third kappa shape index (κ3) is 2.81. The number of piperidine rings is 1. The fourth-order valence-electron chi connectivity index (χ4n) is 2.71. The van der Waals surface area contributed by atoms with Crippen LogP contribution in [0, 0.1) is 0 Å². The monoisotopic (exact) mass is 351 g/mol. The van der Waals surface area contributed by atoms with Gasteiger partial charge in [-0.1, -0.05) is 29.3 Å². The standard InChI is InChI=1S/C13H15Cl2NO4S/c14-10-2-1-3-11(15)12(10)21(17,18)16-6-4-13(5-7-16)19-8-9-20-13/h1-3H,4-9H2. The van der Waals surface area contributed by atoms with Gasteiger partial charge in [-0.3, -0.25) is 0 Å². The van der Waals surface area contributed by atoms with Gasteiger partial charge < -0.3 is 9.47 Å². The number of benzene rings is 1. The predicted molar refractivity (Wildman–Crippen MR) is 79.1 cm³/mol. The number of halogens is 2. The number of sulfonamides is 1. The first-order chi connectivity index (χ1) is 9.95. The molecule has 2 heterocycles. The van der Waals surface area contributed by atoms with Gasteiger partial charge in [0.1, 0.15) is 4.90 Å².